The van der Waals surface area contributed by atoms with Crippen molar-refractivity contribution in [3.63, 3.8) is 0 Å². The molecule has 0 fully saturated rings. The molecule has 0 aromatic heterocycles. The van der Waals surface area contributed by atoms with Gasteiger partial charge in [-0.3, -0.25) is 9.69 Å². The molecule has 0 saturated carbocycles. The van der Waals surface area contributed by atoms with Crippen LogP contribution in [0.1, 0.15) is 0 Å². The van der Waals surface area contributed by atoms with Crippen molar-refractivity contribution in [2.24, 2.45) is 0 Å². The maximum Gasteiger partial charge on any atom is 0.319 e. The molecule has 80 valence electrons. The van der Waals surface area contributed by atoms with E-state index in [4.69, 9.17) is 10.2 Å². The summed E-state index contributed by atoms with van der Waals surface area (Å²) < 4.78 is 4.43. The van der Waals surface area contributed by atoms with Gasteiger partial charge in [0, 0.05) is 13.1 Å². The van der Waals surface area contributed by atoms with E-state index >= 15 is 0 Å². The predicted molar refractivity (Wildman–Crippen MR) is 47.6 cm³/mol. The van der Waals surface area contributed by atoms with Gasteiger partial charge in [0.25, 0.3) is 0 Å². The van der Waals surface area contributed by atoms with E-state index in [0.717, 1.165) is 0 Å². The van der Waals surface area contributed by atoms with Gasteiger partial charge in [-0.2, -0.15) is 0 Å². The van der Waals surface area contributed by atoms with Crippen molar-refractivity contribution in [1.82, 2.24) is 11.1 Å². The second-order valence-electron chi connectivity index (χ2n) is 2.30. The lowest BCUT2D eigenvalue weighted by atomic mass is 10.4. The van der Waals surface area contributed by atoms with Gasteiger partial charge in [-0.15, -0.1) is 0 Å². The zero-order valence-corrected chi connectivity index (χ0v) is 7.90. The number of carbonyl (C=O) groups is 1. The number of nitrogens with zero attached hydrogens (tertiary/aromatic N) is 1. The molecule has 0 aromatic carbocycles. The standard InChI is InChI=1S/C7H15NO4.H3N/c1-12-7(11)6-8(2-4-9)3-5-10;/h9-10H,2-6H2,1H3;1H3. The number of carbonyl (C=O) groups excluding carboxylic acids is 1. The molecular weight excluding hydrogens is 176 g/mol. The maximum atomic E-state index is 10.7. The van der Waals surface area contributed by atoms with Crippen LogP contribution in [0.2, 0.25) is 0 Å². The summed E-state index contributed by atoms with van der Waals surface area (Å²) in [5, 5.41) is 17.1. The smallest absolute Gasteiger partial charge is 0.319 e. The highest BCUT2D eigenvalue weighted by atomic mass is 16.5. The average Bonchev–Trinajstić information content (AvgIpc) is 2.05. The second-order valence-corrected chi connectivity index (χ2v) is 2.30. The molecular formula is C7H18N2O4. The zero-order valence-electron chi connectivity index (χ0n) is 7.90. The zero-order chi connectivity index (χ0) is 9.40. The maximum absolute atomic E-state index is 10.7. The normalized spacial score (nSPS) is 9.54. The molecule has 0 aliphatic heterocycles. The molecule has 0 spiro atoms. The van der Waals surface area contributed by atoms with Crippen molar-refractivity contribution in [1.29, 1.82) is 0 Å². The van der Waals surface area contributed by atoms with Gasteiger partial charge in [0.05, 0.1) is 26.9 Å². The molecule has 0 atom stereocenters. The second kappa shape index (κ2) is 9.40. The lowest BCUT2D eigenvalue weighted by molar-refractivity contribution is -0.142. The fourth-order valence-electron chi connectivity index (χ4n) is 0.800. The highest BCUT2D eigenvalue weighted by Crippen LogP contribution is 1.87. The summed E-state index contributed by atoms with van der Waals surface area (Å²) in [5.41, 5.74) is 0. The van der Waals surface area contributed by atoms with Gasteiger partial charge in [-0.25, -0.2) is 0 Å². The minimum Gasteiger partial charge on any atom is -0.468 e. The van der Waals surface area contributed by atoms with Crippen molar-refractivity contribution < 1.29 is 19.7 Å². The first-order chi connectivity index (χ1) is 5.74. The summed E-state index contributed by atoms with van der Waals surface area (Å²) in [6.07, 6.45) is 0. The van der Waals surface area contributed by atoms with Gasteiger partial charge in [-0.1, -0.05) is 0 Å². The highest BCUT2D eigenvalue weighted by Gasteiger charge is 2.08. The third-order valence-electron chi connectivity index (χ3n) is 1.41. The van der Waals surface area contributed by atoms with Gasteiger partial charge in [0.1, 0.15) is 0 Å². The SMILES string of the molecule is COC(=O)CN(CCO)CCO.N. The van der Waals surface area contributed by atoms with E-state index in [0.29, 0.717) is 13.1 Å². The molecule has 6 heteroatoms. The van der Waals surface area contributed by atoms with Gasteiger partial charge in [-0.05, 0) is 0 Å². The molecule has 0 aliphatic carbocycles. The molecule has 0 saturated heterocycles. The Bertz CT molecular complexity index is 126. The molecule has 0 heterocycles. The molecule has 0 aromatic rings. The fourth-order valence-corrected chi connectivity index (χ4v) is 0.800. The number of rotatable bonds is 6. The van der Waals surface area contributed by atoms with E-state index in [1.165, 1.54) is 7.11 Å². The Kier molecular flexibility index (Phi) is 10.7. The first kappa shape index (κ1) is 14.8. The Morgan fingerprint density at radius 3 is 2.08 bits per heavy atom. The number of methoxy groups -OCH3 is 1. The van der Waals surface area contributed by atoms with Crippen LogP contribution in [0.15, 0.2) is 0 Å². The topological polar surface area (TPSA) is 105 Å². The molecule has 0 rings (SSSR count). The summed E-state index contributed by atoms with van der Waals surface area (Å²) in [4.78, 5) is 12.4. The third-order valence-corrected chi connectivity index (χ3v) is 1.41. The van der Waals surface area contributed by atoms with Gasteiger partial charge in [0.15, 0.2) is 0 Å². The molecule has 6 nitrogen and oxygen atoms in total. The number of aliphatic hydroxyl groups is 2. The molecule has 0 unspecified atom stereocenters. The molecule has 0 aliphatic rings. The summed E-state index contributed by atoms with van der Waals surface area (Å²) in [5.74, 6) is -0.364. The van der Waals surface area contributed by atoms with Crippen LogP contribution in [0.5, 0.6) is 0 Å². The summed E-state index contributed by atoms with van der Waals surface area (Å²) >= 11 is 0. The van der Waals surface area contributed by atoms with Gasteiger partial charge < -0.3 is 21.1 Å². The number of esters is 1. The monoisotopic (exact) mass is 194 g/mol. The van der Waals surface area contributed by atoms with Gasteiger partial charge >= 0.3 is 5.97 Å². The summed E-state index contributed by atoms with van der Waals surface area (Å²) in [6, 6.07) is 0. The molecule has 0 radical (unpaired) electrons. The predicted octanol–water partition coefficient (Wildman–Crippen LogP) is -1.39. The number of ether oxygens (including phenoxy) is 1. The van der Waals surface area contributed by atoms with Gasteiger partial charge in [0.2, 0.25) is 0 Å². The molecule has 0 bridgehead atoms. The first-order valence-corrected chi connectivity index (χ1v) is 3.75. The Morgan fingerprint density at radius 2 is 1.77 bits per heavy atom. The minimum atomic E-state index is -0.364. The quantitative estimate of drug-likeness (QED) is 0.449. The van der Waals surface area contributed by atoms with Crippen molar-refractivity contribution in [3.8, 4) is 0 Å². The van der Waals surface area contributed by atoms with E-state index < -0.39 is 0 Å². The average molecular weight is 194 g/mol. The Balaban J connectivity index is 0. The van der Waals surface area contributed by atoms with E-state index in [-0.39, 0.29) is 31.9 Å². The Hall–Kier alpha value is -0.690. The van der Waals surface area contributed by atoms with Crippen molar-refractivity contribution in [2.45, 2.75) is 0 Å². The lowest BCUT2D eigenvalue weighted by Crippen LogP contribution is -2.35. The number of aliphatic hydroxyl groups excluding tert-OH is 2. The van der Waals surface area contributed by atoms with Crippen LogP contribution in [0, 0.1) is 0 Å². The van der Waals surface area contributed by atoms with Crippen LogP contribution in [0.25, 0.3) is 0 Å². The van der Waals surface area contributed by atoms with Crippen LogP contribution in [-0.4, -0.2) is 61.0 Å². The number of hydrogen-bond acceptors (Lipinski definition) is 6. The summed E-state index contributed by atoms with van der Waals surface area (Å²) in [6.45, 7) is 0.789. The molecule has 13 heavy (non-hydrogen) atoms. The van der Waals surface area contributed by atoms with Crippen LogP contribution < -0.4 is 6.15 Å². The van der Waals surface area contributed by atoms with Crippen molar-refractivity contribution in [2.75, 3.05) is 40.0 Å². The van der Waals surface area contributed by atoms with E-state index in [1.54, 1.807) is 4.90 Å². The van der Waals surface area contributed by atoms with E-state index in [9.17, 15) is 4.79 Å². The summed E-state index contributed by atoms with van der Waals surface area (Å²) in [7, 11) is 1.30. The minimum absolute atomic E-state index is 0. The molecule has 0 amide bonds. The highest BCUT2D eigenvalue weighted by molar-refractivity contribution is 5.71. The van der Waals surface area contributed by atoms with Crippen LogP contribution in [0.4, 0.5) is 0 Å². The Labute approximate surface area is 77.7 Å². The van der Waals surface area contributed by atoms with Crippen LogP contribution in [-0.2, 0) is 9.53 Å². The largest absolute Gasteiger partial charge is 0.468 e. The Morgan fingerprint density at radius 1 is 1.31 bits per heavy atom. The van der Waals surface area contributed by atoms with Crippen LogP contribution >= 0.6 is 0 Å². The van der Waals surface area contributed by atoms with Crippen molar-refractivity contribution >= 4 is 5.97 Å². The molecule has 5 N–H and O–H groups in total. The third kappa shape index (κ3) is 7.66. The lowest BCUT2D eigenvalue weighted by Gasteiger charge is -2.17. The van der Waals surface area contributed by atoms with E-state index in [2.05, 4.69) is 4.74 Å². The number of hydrogen-bond donors (Lipinski definition) is 3. The first-order valence-electron chi connectivity index (χ1n) is 3.75. The van der Waals surface area contributed by atoms with E-state index in [1.807, 2.05) is 0 Å². The fraction of sp³-hybridized carbons (Fsp3) is 0.857. The van der Waals surface area contributed by atoms with Crippen molar-refractivity contribution in [3.05, 3.63) is 0 Å². The van der Waals surface area contributed by atoms with Crippen LogP contribution in [0.3, 0.4) is 0 Å².